The number of carbonyl (C=O) groups excluding carboxylic acids is 1. The van der Waals surface area contributed by atoms with Gasteiger partial charge in [0, 0.05) is 12.5 Å². The first-order valence-corrected chi connectivity index (χ1v) is 7.65. The van der Waals surface area contributed by atoms with Crippen LogP contribution >= 0.6 is 0 Å². The zero-order valence-corrected chi connectivity index (χ0v) is 13.0. The molecule has 1 unspecified atom stereocenters. The van der Waals surface area contributed by atoms with Crippen LogP contribution in [0.5, 0.6) is 0 Å². The van der Waals surface area contributed by atoms with Crippen LogP contribution in [0.3, 0.4) is 0 Å². The zero-order valence-electron chi connectivity index (χ0n) is 13.0. The highest BCUT2D eigenvalue weighted by Gasteiger charge is 2.14. The number of amides is 2. The molecule has 20 heavy (non-hydrogen) atoms. The third-order valence-corrected chi connectivity index (χ3v) is 3.80. The lowest BCUT2D eigenvalue weighted by Gasteiger charge is -2.20. The van der Waals surface area contributed by atoms with Gasteiger partial charge in [0.15, 0.2) is 0 Å². The van der Waals surface area contributed by atoms with Crippen molar-refractivity contribution in [3.8, 4) is 0 Å². The van der Waals surface area contributed by atoms with Gasteiger partial charge in [0.2, 0.25) is 0 Å². The minimum Gasteiger partial charge on any atom is -0.352 e. The Kier molecular flexibility index (Phi) is 7.13. The first kappa shape index (κ1) is 16.5. The quantitative estimate of drug-likeness (QED) is 0.692. The number of carbonyl (C=O) groups is 1. The molecule has 0 aliphatic heterocycles. The van der Waals surface area contributed by atoms with Gasteiger partial charge in [-0.25, -0.2) is 4.79 Å². The van der Waals surface area contributed by atoms with Gasteiger partial charge in [0.05, 0.1) is 0 Å². The van der Waals surface area contributed by atoms with Crippen molar-refractivity contribution in [2.24, 2.45) is 5.73 Å². The van der Waals surface area contributed by atoms with Crippen LogP contribution in [-0.4, -0.2) is 12.6 Å². The van der Waals surface area contributed by atoms with Crippen molar-refractivity contribution < 1.29 is 4.79 Å². The summed E-state index contributed by atoms with van der Waals surface area (Å²) in [5.74, 6) is 0.360. The maximum atomic E-state index is 11.0. The molecule has 0 saturated carbocycles. The van der Waals surface area contributed by atoms with Crippen LogP contribution < -0.4 is 11.1 Å². The number of aryl methyl sites for hydroxylation is 2. The summed E-state index contributed by atoms with van der Waals surface area (Å²) in [7, 11) is 0. The number of hydrogen-bond acceptors (Lipinski definition) is 1. The van der Waals surface area contributed by atoms with E-state index >= 15 is 0 Å². The molecule has 112 valence electrons. The molecular weight excluding hydrogens is 248 g/mol. The Labute approximate surface area is 122 Å². The van der Waals surface area contributed by atoms with Crippen LogP contribution in [0.1, 0.15) is 61.6 Å². The second kappa shape index (κ2) is 8.62. The fourth-order valence-electron chi connectivity index (χ4n) is 2.61. The monoisotopic (exact) mass is 276 g/mol. The van der Waals surface area contributed by atoms with Gasteiger partial charge in [-0.1, -0.05) is 56.4 Å². The fourth-order valence-corrected chi connectivity index (χ4v) is 2.61. The molecule has 0 bridgehead atoms. The lowest BCUT2D eigenvalue weighted by atomic mass is 9.89. The third kappa shape index (κ3) is 5.64. The van der Waals surface area contributed by atoms with Crippen molar-refractivity contribution >= 4 is 6.03 Å². The zero-order chi connectivity index (χ0) is 15.0. The van der Waals surface area contributed by atoms with E-state index in [0.29, 0.717) is 12.5 Å². The molecule has 0 aliphatic rings. The van der Waals surface area contributed by atoms with Gasteiger partial charge in [0.25, 0.3) is 0 Å². The van der Waals surface area contributed by atoms with Crippen molar-refractivity contribution in [2.75, 3.05) is 6.54 Å². The van der Waals surface area contributed by atoms with Crippen molar-refractivity contribution in [1.29, 1.82) is 0 Å². The van der Waals surface area contributed by atoms with Crippen LogP contribution in [0.2, 0.25) is 0 Å². The van der Waals surface area contributed by atoms with E-state index < -0.39 is 6.03 Å². The summed E-state index contributed by atoms with van der Waals surface area (Å²) in [6, 6.07) is 6.10. The standard InChI is InChI=1S/C17H28N2O/c1-4-5-6-7-8-15(12-19-17(18)20)16-11-13(2)9-10-14(16)3/h9-11,15H,4-8,12H2,1-3H3,(H3,18,19,20). The number of benzene rings is 1. The molecule has 0 fully saturated rings. The van der Waals surface area contributed by atoms with E-state index in [-0.39, 0.29) is 0 Å². The van der Waals surface area contributed by atoms with Gasteiger partial charge < -0.3 is 11.1 Å². The summed E-state index contributed by atoms with van der Waals surface area (Å²) in [5.41, 5.74) is 9.12. The van der Waals surface area contributed by atoms with Crippen LogP contribution in [0.15, 0.2) is 18.2 Å². The second-order valence-corrected chi connectivity index (χ2v) is 5.65. The highest BCUT2D eigenvalue weighted by Crippen LogP contribution is 2.26. The Morgan fingerprint density at radius 3 is 2.65 bits per heavy atom. The molecule has 3 heteroatoms. The number of nitrogens with two attached hydrogens (primary N) is 1. The van der Waals surface area contributed by atoms with Gasteiger partial charge >= 0.3 is 6.03 Å². The average molecular weight is 276 g/mol. The van der Waals surface area contributed by atoms with E-state index in [9.17, 15) is 4.79 Å². The molecular formula is C17H28N2O. The van der Waals surface area contributed by atoms with E-state index in [4.69, 9.17) is 5.73 Å². The molecule has 0 aliphatic carbocycles. The number of primary amides is 1. The summed E-state index contributed by atoms with van der Waals surface area (Å²) >= 11 is 0. The number of urea groups is 1. The summed E-state index contributed by atoms with van der Waals surface area (Å²) < 4.78 is 0. The molecule has 0 saturated heterocycles. The van der Waals surface area contributed by atoms with Crippen molar-refractivity contribution in [3.05, 3.63) is 34.9 Å². The molecule has 0 spiro atoms. The second-order valence-electron chi connectivity index (χ2n) is 5.65. The van der Waals surface area contributed by atoms with Crippen molar-refractivity contribution in [2.45, 2.75) is 58.8 Å². The summed E-state index contributed by atoms with van der Waals surface area (Å²) in [6.45, 7) is 7.10. The van der Waals surface area contributed by atoms with Crippen molar-refractivity contribution in [1.82, 2.24) is 5.32 Å². The lowest BCUT2D eigenvalue weighted by Crippen LogP contribution is -2.33. The predicted molar refractivity (Wildman–Crippen MR) is 85.0 cm³/mol. The first-order valence-electron chi connectivity index (χ1n) is 7.65. The molecule has 3 N–H and O–H groups in total. The van der Waals surface area contributed by atoms with Gasteiger partial charge in [-0.3, -0.25) is 0 Å². The normalized spacial score (nSPS) is 12.2. The Bertz CT molecular complexity index is 429. The highest BCUT2D eigenvalue weighted by atomic mass is 16.2. The molecule has 1 aromatic rings. The van der Waals surface area contributed by atoms with E-state index in [0.717, 1.165) is 6.42 Å². The van der Waals surface area contributed by atoms with Crippen LogP contribution in [0, 0.1) is 13.8 Å². The largest absolute Gasteiger partial charge is 0.352 e. The minimum atomic E-state index is -0.436. The van der Waals surface area contributed by atoms with E-state index in [1.165, 1.54) is 42.4 Å². The summed E-state index contributed by atoms with van der Waals surface area (Å²) in [4.78, 5) is 11.0. The SMILES string of the molecule is CCCCCCC(CNC(N)=O)c1cc(C)ccc1C. The van der Waals surface area contributed by atoms with Crippen LogP contribution in [0.25, 0.3) is 0 Å². The third-order valence-electron chi connectivity index (χ3n) is 3.80. The van der Waals surface area contributed by atoms with Gasteiger partial charge in [0.1, 0.15) is 0 Å². The predicted octanol–water partition coefficient (Wildman–Crippen LogP) is 4.03. The van der Waals surface area contributed by atoms with Crippen LogP contribution in [0.4, 0.5) is 4.79 Å². The van der Waals surface area contributed by atoms with Crippen molar-refractivity contribution in [3.63, 3.8) is 0 Å². The Balaban J connectivity index is 2.74. The molecule has 3 nitrogen and oxygen atoms in total. The maximum absolute atomic E-state index is 11.0. The molecule has 1 atom stereocenters. The molecule has 0 radical (unpaired) electrons. The average Bonchev–Trinajstić information content (AvgIpc) is 2.41. The fraction of sp³-hybridized carbons (Fsp3) is 0.588. The Morgan fingerprint density at radius 2 is 2.00 bits per heavy atom. The van der Waals surface area contributed by atoms with Gasteiger partial charge in [-0.05, 0) is 31.4 Å². The molecule has 1 rings (SSSR count). The van der Waals surface area contributed by atoms with E-state index in [1.807, 2.05) is 0 Å². The van der Waals surface area contributed by atoms with Gasteiger partial charge in [-0.2, -0.15) is 0 Å². The van der Waals surface area contributed by atoms with Gasteiger partial charge in [-0.15, -0.1) is 0 Å². The maximum Gasteiger partial charge on any atom is 0.312 e. The highest BCUT2D eigenvalue weighted by molar-refractivity contribution is 5.71. The molecule has 2 amide bonds. The van der Waals surface area contributed by atoms with E-state index in [1.54, 1.807) is 0 Å². The topological polar surface area (TPSA) is 55.1 Å². The van der Waals surface area contributed by atoms with E-state index in [2.05, 4.69) is 44.3 Å². The lowest BCUT2D eigenvalue weighted by molar-refractivity contribution is 0.248. The Morgan fingerprint density at radius 1 is 1.25 bits per heavy atom. The summed E-state index contributed by atoms with van der Waals surface area (Å²) in [6.07, 6.45) is 6.09. The molecule has 0 aromatic heterocycles. The number of rotatable bonds is 8. The molecule has 0 heterocycles. The molecule has 1 aromatic carbocycles. The summed E-state index contributed by atoms with van der Waals surface area (Å²) in [5, 5.41) is 2.77. The Hall–Kier alpha value is -1.51. The minimum absolute atomic E-state index is 0.360. The number of hydrogen-bond donors (Lipinski definition) is 2. The number of unbranched alkanes of at least 4 members (excludes halogenated alkanes) is 3. The van der Waals surface area contributed by atoms with Crippen LogP contribution in [-0.2, 0) is 0 Å². The smallest absolute Gasteiger partial charge is 0.312 e. The first-order chi connectivity index (χ1) is 9.54. The number of nitrogens with one attached hydrogen (secondary N) is 1.